The van der Waals surface area contributed by atoms with Crippen LogP contribution in [0.4, 0.5) is 10.3 Å². The molecule has 6 nitrogen and oxygen atoms in total. The van der Waals surface area contributed by atoms with Gasteiger partial charge < -0.3 is 10.2 Å². The highest BCUT2D eigenvalue weighted by atomic mass is 79.9. The molecule has 4 aromatic rings. The third-order valence-electron chi connectivity index (χ3n) is 4.50. The SMILES string of the molecule is CNc1nccc(-c2c(-c3ccc(F)c(Br)c3)nc3cc(CN(C)C)ccn23)n1. The lowest BCUT2D eigenvalue weighted by Gasteiger charge is -2.10. The molecule has 8 heteroatoms. The summed E-state index contributed by atoms with van der Waals surface area (Å²) >= 11 is 3.28. The summed E-state index contributed by atoms with van der Waals surface area (Å²) < 4.78 is 16.2. The number of rotatable bonds is 5. The van der Waals surface area contributed by atoms with Crippen LogP contribution in [0.15, 0.2) is 53.3 Å². The van der Waals surface area contributed by atoms with Crippen molar-refractivity contribution in [2.45, 2.75) is 6.54 Å². The number of pyridine rings is 1. The standard InChI is InChI=1S/C21H20BrFN6/c1-24-21-25-8-6-17(26-21)20-19(14-4-5-16(23)15(22)11-14)27-18-10-13(12-28(2)3)7-9-29(18)20/h4-11H,12H2,1-3H3,(H,24,25,26). The number of benzene rings is 1. The zero-order chi connectivity index (χ0) is 20.5. The lowest BCUT2D eigenvalue weighted by atomic mass is 10.1. The lowest BCUT2D eigenvalue weighted by molar-refractivity contribution is 0.402. The molecule has 29 heavy (non-hydrogen) atoms. The van der Waals surface area contributed by atoms with Crippen molar-refractivity contribution in [2.24, 2.45) is 0 Å². The minimum absolute atomic E-state index is 0.313. The number of nitrogens with zero attached hydrogens (tertiary/aromatic N) is 5. The molecule has 0 radical (unpaired) electrons. The summed E-state index contributed by atoms with van der Waals surface area (Å²) in [5.74, 6) is 0.208. The minimum atomic E-state index is -0.313. The Morgan fingerprint density at radius 2 is 1.97 bits per heavy atom. The van der Waals surface area contributed by atoms with Gasteiger partial charge in [0.2, 0.25) is 5.95 Å². The molecule has 1 N–H and O–H groups in total. The van der Waals surface area contributed by atoms with Crippen LogP contribution in [0, 0.1) is 5.82 Å². The van der Waals surface area contributed by atoms with Gasteiger partial charge in [0.1, 0.15) is 11.5 Å². The molecular weight excluding hydrogens is 435 g/mol. The average Bonchev–Trinajstić information content (AvgIpc) is 3.08. The second-order valence-electron chi connectivity index (χ2n) is 6.95. The quantitative estimate of drug-likeness (QED) is 0.482. The summed E-state index contributed by atoms with van der Waals surface area (Å²) in [6, 6.07) is 10.9. The van der Waals surface area contributed by atoms with Gasteiger partial charge >= 0.3 is 0 Å². The Hall–Kier alpha value is -2.84. The van der Waals surface area contributed by atoms with Crippen molar-refractivity contribution in [1.82, 2.24) is 24.3 Å². The molecule has 0 saturated heterocycles. The molecule has 0 bridgehead atoms. The first-order valence-corrected chi connectivity index (χ1v) is 9.88. The molecule has 0 atom stereocenters. The van der Waals surface area contributed by atoms with Crippen LogP contribution < -0.4 is 5.32 Å². The predicted octanol–water partition coefficient (Wildman–Crippen LogP) is 4.46. The molecule has 0 unspecified atom stereocenters. The number of aromatic nitrogens is 4. The highest BCUT2D eigenvalue weighted by molar-refractivity contribution is 9.10. The number of fused-ring (bicyclic) bond motifs is 1. The number of anilines is 1. The van der Waals surface area contributed by atoms with E-state index in [0.717, 1.165) is 40.4 Å². The second-order valence-corrected chi connectivity index (χ2v) is 7.81. The van der Waals surface area contributed by atoms with Gasteiger partial charge in [-0.3, -0.25) is 4.40 Å². The summed E-state index contributed by atoms with van der Waals surface area (Å²) in [5, 5.41) is 2.97. The largest absolute Gasteiger partial charge is 0.357 e. The number of hydrogen-bond donors (Lipinski definition) is 1. The van der Waals surface area contributed by atoms with Gasteiger partial charge in [0.25, 0.3) is 0 Å². The fraction of sp³-hybridized carbons (Fsp3) is 0.190. The van der Waals surface area contributed by atoms with Crippen LogP contribution in [-0.2, 0) is 6.54 Å². The summed E-state index contributed by atoms with van der Waals surface area (Å²) in [6.07, 6.45) is 3.71. The molecule has 1 aromatic carbocycles. The van der Waals surface area contributed by atoms with Crippen LogP contribution in [0.25, 0.3) is 28.3 Å². The molecule has 0 saturated carbocycles. The van der Waals surface area contributed by atoms with Gasteiger partial charge in [-0.15, -0.1) is 0 Å². The van der Waals surface area contributed by atoms with E-state index in [1.54, 1.807) is 25.4 Å². The molecular formula is C21H20BrFN6. The van der Waals surface area contributed by atoms with E-state index < -0.39 is 0 Å². The van der Waals surface area contributed by atoms with Crippen LogP contribution in [0.1, 0.15) is 5.56 Å². The highest BCUT2D eigenvalue weighted by Gasteiger charge is 2.19. The topological polar surface area (TPSA) is 58.4 Å². The minimum Gasteiger partial charge on any atom is -0.357 e. The number of nitrogens with one attached hydrogen (secondary N) is 1. The Kier molecular flexibility index (Phi) is 5.29. The van der Waals surface area contributed by atoms with Crippen molar-refractivity contribution in [3.05, 3.63) is 64.6 Å². The van der Waals surface area contributed by atoms with Crippen LogP contribution in [0.2, 0.25) is 0 Å². The third-order valence-corrected chi connectivity index (χ3v) is 5.11. The van der Waals surface area contributed by atoms with Crippen LogP contribution in [-0.4, -0.2) is 45.4 Å². The average molecular weight is 455 g/mol. The lowest BCUT2D eigenvalue weighted by Crippen LogP contribution is -2.10. The first kappa shape index (κ1) is 19.5. The van der Waals surface area contributed by atoms with Crippen molar-refractivity contribution in [1.29, 1.82) is 0 Å². The van der Waals surface area contributed by atoms with Crippen molar-refractivity contribution in [3.63, 3.8) is 0 Å². The molecule has 148 valence electrons. The maximum atomic E-state index is 13.8. The van der Waals surface area contributed by atoms with Gasteiger partial charge in [0.05, 0.1) is 21.6 Å². The molecule has 0 spiro atoms. The molecule has 0 aliphatic heterocycles. The van der Waals surface area contributed by atoms with E-state index in [0.29, 0.717) is 10.4 Å². The number of hydrogen-bond acceptors (Lipinski definition) is 5. The van der Waals surface area contributed by atoms with E-state index in [2.05, 4.69) is 48.2 Å². The van der Waals surface area contributed by atoms with Gasteiger partial charge in [-0.25, -0.2) is 19.3 Å². The maximum absolute atomic E-state index is 13.8. The van der Waals surface area contributed by atoms with Crippen LogP contribution in [0.5, 0.6) is 0 Å². The molecule has 0 fully saturated rings. The van der Waals surface area contributed by atoms with E-state index in [1.165, 1.54) is 6.07 Å². The van der Waals surface area contributed by atoms with Crippen molar-refractivity contribution < 1.29 is 4.39 Å². The Morgan fingerprint density at radius 3 is 2.69 bits per heavy atom. The fourth-order valence-corrected chi connectivity index (χ4v) is 3.63. The van der Waals surface area contributed by atoms with Crippen molar-refractivity contribution in [2.75, 3.05) is 26.5 Å². The second kappa shape index (κ2) is 7.88. The number of halogens is 2. The molecule has 3 heterocycles. The summed E-state index contributed by atoms with van der Waals surface area (Å²) in [5.41, 5.74) is 5.05. The molecule has 4 rings (SSSR count). The predicted molar refractivity (Wildman–Crippen MR) is 116 cm³/mol. The van der Waals surface area contributed by atoms with Gasteiger partial charge in [0.15, 0.2) is 0 Å². The Morgan fingerprint density at radius 1 is 1.14 bits per heavy atom. The molecule has 0 aliphatic carbocycles. The van der Waals surface area contributed by atoms with Gasteiger partial charge in [-0.05, 0) is 72.0 Å². The van der Waals surface area contributed by atoms with Gasteiger partial charge in [-0.1, -0.05) is 0 Å². The fourth-order valence-electron chi connectivity index (χ4n) is 3.25. The third kappa shape index (κ3) is 3.86. The molecule has 3 aromatic heterocycles. The monoisotopic (exact) mass is 454 g/mol. The molecule has 0 aliphatic rings. The van der Waals surface area contributed by atoms with Gasteiger partial charge in [0, 0.05) is 31.5 Å². The summed E-state index contributed by atoms with van der Waals surface area (Å²) in [6.45, 7) is 0.813. The van der Waals surface area contributed by atoms with E-state index >= 15 is 0 Å². The Balaban J connectivity index is 1.97. The first-order chi connectivity index (χ1) is 14.0. The summed E-state index contributed by atoms with van der Waals surface area (Å²) in [7, 11) is 5.84. The molecule has 0 amide bonds. The summed E-state index contributed by atoms with van der Waals surface area (Å²) in [4.78, 5) is 15.8. The van der Waals surface area contributed by atoms with Crippen molar-refractivity contribution >= 4 is 27.5 Å². The van der Waals surface area contributed by atoms with E-state index in [1.807, 2.05) is 30.8 Å². The van der Waals surface area contributed by atoms with Gasteiger partial charge in [-0.2, -0.15) is 0 Å². The van der Waals surface area contributed by atoms with E-state index in [-0.39, 0.29) is 5.82 Å². The first-order valence-electron chi connectivity index (χ1n) is 9.08. The van der Waals surface area contributed by atoms with E-state index in [9.17, 15) is 4.39 Å². The number of imidazole rings is 1. The zero-order valence-electron chi connectivity index (χ0n) is 16.3. The normalized spacial score (nSPS) is 11.4. The zero-order valence-corrected chi connectivity index (χ0v) is 17.9. The Bertz CT molecular complexity index is 1190. The van der Waals surface area contributed by atoms with E-state index in [4.69, 9.17) is 4.98 Å². The Labute approximate surface area is 176 Å². The maximum Gasteiger partial charge on any atom is 0.222 e. The highest BCUT2D eigenvalue weighted by Crippen LogP contribution is 2.34. The van der Waals surface area contributed by atoms with Crippen LogP contribution >= 0.6 is 15.9 Å². The van der Waals surface area contributed by atoms with Crippen LogP contribution in [0.3, 0.4) is 0 Å². The van der Waals surface area contributed by atoms with Crippen molar-refractivity contribution in [3.8, 4) is 22.6 Å². The smallest absolute Gasteiger partial charge is 0.222 e.